The normalized spacial score (nSPS) is 16.5. The fourth-order valence-corrected chi connectivity index (χ4v) is 3.66. The van der Waals surface area contributed by atoms with Gasteiger partial charge in [-0.1, -0.05) is 0 Å². The molecule has 1 fully saturated rings. The molecular formula is C15H19N3O3S. The van der Waals surface area contributed by atoms with E-state index in [4.69, 9.17) is 20.6 Å². The lowest BCUT2D eigenvalue weighted by Crippen LogP contribution is -2.34. The van der Waals surface area contributed by atoms with E-state index in [0.29, 0.717) is 11.3 Å². The van der Waals surface area contributed by atoms with Crippen molar-refractivity contribution in [3.8, 4) is 0 Å². The van der Waals surface area contributed by atoms with Crippen LogP contribution < -0.4 is 11.5 Å². The summed E-state index contributed by atoms with van der Waals surface area (Å²) in [6, 6.07) is 0. The zero-order chi connectivity index (χ0) is 15.9. The first-order valence-electron chi connectivity index (χ1n) is 7.11. The van der Waals surface area contributed by atoms with Gasteiger partial charge in [0.15, 0.2) is 5.58 Å². The van der Waals surface area contributed by atoms with E-state index in [9.17, 15) is 4.79 Å². The smallest absolute Gasteiger partial charge is 0.286 e. The van der Waals surface area contributed by atoms with E-state index in [0.717, 1.165) is 47.1 Å². The number of carbonyl (C=O) groups excluding carboxylic acids is 1. The van der Waals surface area contributed by atoms with Crippen molar-refractivity contribution in [1.82, 2.24) is 4.90 Å². The molecule has 3 rings (SSSR count). The molecule has 0 aliphatic carbocycles. The number of furan rings is 1. The van der Waals surface area contributed by atoms with Gasteiger partial charge in [-0.3, -0.25) is 4.79 Å². The highest BCUT2D eigenvalue weighted by atomic mass is 32.1. The van der Waals surface area contributed by atoms with Crippen LogP contribution in [0.25, 0.3) is 16.4 Å². The van der Waals surface area contributed by atoms with Gasteiger partial charge >= 0.3 is 0 Å². The number of nitrogen functional groups attached to an aromatic ring is 1. The van der Waals surface area contributed by atoms with Gasteiger partial charge in [-0.15, -0.1) is 11.3 Å². The Balaban J connectivity index is 2.04. The highest BCUT2D eigenvalue weighted by molar-refractivity contribution is 7.20. The van der Waals surface area contributed by atoms with Crippen LogP contribution in [0, 0.1) is 6.92 Å². The third-order valence-corrected chi connectivity index (χ3v) is 5.00. The van der Waals surface area contributed by atoms with Crippen molar-refractivity contribution in [2.45, 2.75) is 13.8 Å². The second kappa shape index (κ2) is 5.66. The number of anilines is 1. The number of aryl methyl sites for hydroxylation is 1. The Kier molecular flexibility index (Phi) is 3.84. The zero-order valence-electron chi connectivity index (χ0n) is 12.6. The summed E-state index contributed by atoms with van der Waals surface area (Å²) in [5.74, 6) is -0.599. The summed E-state index contributed by atoms with van der Waals surface area (Å²) in [5.41, 5.74) is 14.3. The van der Waals surface area contributed by atoms with Gasteiger partial charge in [-0.25, -0.2) is 0 Å². The molecule has 0 unspecified atom stereocenters. The second-order valence-electron chi connectivity index (χ2n) is 5.32. The molecule has 6 nitrogen and oxygen atoms in total. The Morgan fingerprint density at radius 1 is 1.36 bits per heavy atom. The van der Waals surface area contributed by atoms with E-state index in [1.807, 2.05) is 6.92 Å². The molecule has 0 aromatic carbocycles. The van der Waals surface area contributed by atoms with Crippen molar-refractivity contribution < 1.29 is 13.9 Å². The molecule has 1 aliphatic rings. The molecule has 0 saturated carbocycles. The number of morpholine rings is 1. The summed E-state index contributed by atoms with van der Waals surface area (Å²) in [7, 11) is 0. The monoisotopic (exact) mass is 321 g/mol. The SMILES string of the molecule is C/C(=C\c1c(C)sc2c(N)c(C(N)=O)oc12)N1CCOCC1. The molecule has 1 saturated heterocycles. The molecule has 3 heterocycles. The third kappa shape index (κ3) is 2.46. The Hall–Kier alpha value is -1.99. The van der Waals surface area contributed by atoms with Crippen molar-refractivity contribution in [3.63, 3.8) is 0 Å². The van der Waals surface area contributed by atoms with E-state index >= 15 is 0 Å². The minimum Gasteiger partial charge on any atom is -0.447 e. The summed E-state index contributed by atoms with van der Waals surface area (Å²) in [6.45, 7) is 7.31. The molecule has 0 bridgehead atoms. The predicted molar refractivity (Wildman–Crippen MR) is 87.8 cm³/mol. The first-order chi connectivity index (χ1) is 10.5. The lowest BCUT2D eigenvalue weighted by molar-refractivity contribution is 0.0542. The number of fused-ring (bicyclic) bond motifs is 1. The molecule has 0 radical (unpaired) electrons. The zero-order valence-corrected chi connectivity index (χ0v) is 13.5. The van der Waals surface area contributed by atoms with E-state index in [1.54, 1.807) is 0 Å². The van der Waals surface area contributed by atoms with Crippen LogP contribution in [0.4, 0.5) is 5.69 Å². The largest absolute Gasteiger partial charge is 0.447 e. The molecular weight excluding hydrogens is 302 g/mol. The van der Waals surface area contributed by atoms with Gasteiger partial charge < -0.3 is 25.5 Å². The maximum Gasteiger partial charge on any atom is 0.286 e. The molecule has 2 aromatic rings. The Labute approximate surface area is 132 Å². The van der Waals surface area contributed by atoms with Crippen LogP contribution in [0.1, 0.15) is 27.9 Å². The van der Waals surface area contributed by atoms with Crippen LogP contribution in [-0.4, -0.2) is 37.1 Å². The fourth-order valence-electron chi connectivity index (χ4n) is 2.64. The van der Waals surface area contributed by atoms with Crippen molar-refractivity contribution in [1.29, 1.82) is 0 Å². The fraction of sp³-hybridized carbons (Fsp3) is 0.400. The predicted octanol–water partition coefficient (Wildman–Crippen LogP) is 2.18. The quantitative estimate of drug-likeness (QED) is 0.903. The van der Waals surface area contributed by atoms with Crippen LogP contribution in [0.5, 0.6) is 0 Å². The number of allylic oxidation sites excluding steroid dienone is 1. The van der Waals surface area contributed by atoms with Crippen LogP contribution in [0.2, 0.25) is 0 Å². The van der Waals surface area contributed by atoms with Gasteiger partial charge in [0.2, 0.25) is 5.76 Å². The van der Waals surface area contributed by atoms with Crippen molar-refractivity contribution in [2.75, 3.05) is 32.0 Å². The summed E-state index contributed by atoms with van der Waals surface area (Å²) >= 11 is 1.52. The molecule has 1 amide bonds. The number of ether oxygens (including phenoxy) is 1. The number of thiophene rings is 1. The second-order valence-corrected chi connectivity index (χ2v) is 6.55. The van der Waals surface area contributed by atoms with E-state index in [1.165, 1.54) is 11.3 Å². The minimum atomic E-state index is -0.640. The average molecular weight is 321 g/mol. The molecule has 1 aliphatic heterocycles. The van der Waals surface area contributed by atoms with E-state index in [-0.39, 0.29) is 5.76 Å². The number of rotatable bonds is 3. The minimum absolute atomic E-state index is 0.0416. The maximum atomic E-state index is 11.4. The molecule has 0 atom stereocenters. The molecule has 118 valence electrons. The van der Waals surface area contributed by atoms with E-state index < -0.39 is 5.91 Å². The van der Waals surface area contributed by atoms with Crippen LogP contribution in [0.15, 0.2) is 10.1 Å². The number of amides is 1. The van der Waals surface area contributed by atoms with Gasteiger partial charge in [0.05, 0.1) is 17.9 Å². The van der Waals surface area contributed by atoms with Gasteiger partial charge in [-0.05, 0) is 19.9 Å². The molecule has 7 heteroatoms. The summed E-state index contributed by atoms with van der Waals surface area (Å²) in [4.78, 5) is 14.7. The van der Waals surface area contributed by atoms with Crippen molar-refractivity contribution >= 4 is 39.3 Å². The number of primary amides is 1. The summed E-state index contributed by atoms with van der Waals surface area (Å²) in [5, 5.41) is 0. The number of nitrogens with zero attached hydrogens (tertiary/aromatic N) is 1. The van der Waals surface area contributed by atoms with Gasteiger partial charge in [0.1, 0.15) is 5.69 Å². The Bertz CT molecular complexity index is 754. The molecule has 4 N–H and O–H groups in total. The van der Waals surface area contributed by atoms with Crippen LogP contribution >= 0.6 is 11.3 Å². The van der Waals surface area contributed by atoms with Crippen molar-refractivity contribution in [2.24, 2.45) is 5.73 Å². The molecule has 22 heavy (non-hydrogen) atoms. The summed E-state index contributed by atoms with van der Waals surface area (Å²) in [6.07, 6.45) is 2.08. The highest BCUT2D eigenvalue weighted by Crippen LogP contribution is 2.39. The van der Waals surface area contributed by atoms with Crippen LogP contribution in [0.3, 0.4) is 0 Å². The number of hydrogen-bond acceptors (Lipinski definition) is 6. The summed E-state index contributed by atoms with van der Waals surface area (Å²) < 4.78 is 11.8. The Morgan fingerprint density at radius 2 is 2.05 bits per heavy atom. The lowest BCUT2D eigenvalue weighted by Gasteiger charge is -2.29. The van der Waals surface area contributed by atoms with Gasteiger partial charge in [0.25, 0.3) is 5.91 Å². The van der Waals surface area contributed by atoms with Gasteiger partial charge in [-0.2, -0.15) is 0 Å². The van der Waals surface area contributed by atoms with Crippen molar-refractivity contribution in [3.05, 3.63) is 21.9 Å². The topological polar surface area (TPSA) is 94.7 Å². The Morgan fingerprint density at radius 3 is 2.68 bits per heavy atom. The molecule has 2 aromatic heterocycles. The van der Waals surface area contributed by atoms with Gasteiger partial charge in [0, 0.05) is 29.2 Å². The average Bonchev–Trinajstić information content (AvgIpc) is 2.98. The van der Waals surface area contributed by atoms with Crippen LogP contribution in [-0.2, 0) is 4.74 Å². The standard InChI is InChI=1S/C15H19N3O3S/c1-8(18-3-5-20-6-4-18)7-10-9(2)22-14-11(16)13(15(17)19)21-12(10)14/h7H,3-6,16H2,1-2H3,(H2,17,19)/b8-7+. The third-order valence-electron chi connectivity index (χ3n) is 3.87. The number of hydrogen-bond donors (Lipinski definition) is 2. The first-order valence-corrected chi connectivity index (χ1v) is 7.93. The highest BCUT2D eigenvalue weighted by Gasteiger charge is 2.22. The number of carbonyl (C=O) groups is 1. The first kappa shape index (κ1) is 14.9. The lowest BCUT2D eigenvalue weighted by atomic mass is 10.2. The van der Waals surface area contributed by atoms with E-state index in [2.05, 4.69) is 17.9 Å². The number of nitrogens with two attached hydrogens (primary N) is 2. The maximum absolute atomic E-state index is 11.4. The molecule has 0 spiro atoms.